The zero-order chi connectivity index (χ0) is 14.8. The molecule has 106 valence electrons. The molecule has 0 aliphatic carbocycles. The van der Waals surface area contributed by atoms with Crippen LogP contribution in [0.15, 0.2) is 36.4 Å². The fourth-order valence-corrected chi connectivity index (χ4v) is 2.03. The monoisotopic (exact) mass is 273 g/mol. The van der Waals surface area contributed by atoms with Gasteiger partial charge in [-0.25, -0.2) is 0 Å². The third kappa shape index (κ3) is 3.35. The Labute approximate surface area is 119 Å². The molecule has 0 spiro atoms. The van der Waals surface area contributed by atoms with Gasteiger partial charge in [0, 0.05) is 11.6 Å². The number of pyridine rings is 1. The third-order valence-electron chi connectivity index (χ3n) is 3.16. The lowest BCUT2D eigenvalue weighted by atomic mass is 9.85. The first-order valence-electron chi connectivity index (χ1n) is 6.84. The van der Waals surface area contributed by atoms with Gasteiger partial charge in [0.2, 0.25) is 11.8 Å². The molecule has 0 radical (unpaired) electrons. The van der Waals surface area contributed by atoms with Crippen LogP contribution in [0.4, 0.5) is 4.39 Å². The summed E-state index contributed by atoms with van der Waals surface area (Å²) >= 11 is 0. The summed E-state index contributed by atoms with van der Waals surface area (Å²) in [7, 11) is 0. The summed E-state index contributed by atoms with van der Waals surface area (Å²) in [5.74, 6) is 0.470. The Morgan fingerprint density at radius 3 is 2.50 bits per heavy atom. The van der Waals surface area contributed by atoms with Gasteiger partial charge in [-0.05, 0) is 29.5 Å². The predicted molar refractivity (Wildman–Crippen MR) is 78.8 cm³/mol. The highest BCUT2D eigenvalue weighted by Gasteiger charge is 2.20. The maximum absolute atomic E-state index is 13.1. The predicted octanol–water partition coefficient (Wildman–Crippen LogP) is 4.87. The smallest absolute Gasteiger partial charge is 0.221 e. The molecule has 0 aliphatic rings. The first kappa shape index (κ1) is 14.5. The third-order valence-corrected chi connectivity index (χ3v) is 3.16. The molecule has 0 unspecified atom stereocenters. The topological polar surface area (TPSA) is 22.1 Å². The fourth-order valence-electron chi connectivity index (χ4n) is 2.03. The summed E-state index contributed by atoms with van der Waals surface area (Å²) in [6.07, 6.45) is 0.974. The Morgan fingerprint density at radius 2 is 1.90 bits per heavy atom. The van der Waals surface area contributed by atoms with Crippen molar-refractivity contribution in [3.05, 3.63) is 53.5 Å². The molecule has 20 heavy (non-hydrogen) atoms. The van der Waals surface area contributed by atoms with E-state index in [0.717, 1.165) is 17.7 Å². The van der Waals surface area contributed by atoms with E-state index >= 15 is 0 Å². The van der Waals surface area contributed by atoms with Crippen LogP contribution in [-0.4, -0.2) is 4.98 Å². The highest BCUT2D eigenvalue weighted by molar-refractivity contribution is 5.43. The van der Waals surface area contributed by atoms with E-state index in [0.29, 0.717) is 0 Å². The lowest BCUT2D eigenvalue weighted by Crippen LogP contribution is -2.13. The number of hydrogen-bond donors (Lipinski definition) is 0. The van der Waals surface area contributed by atoms with E-state index < -0.39 is 5.95 Å². The molecule has 2 nitrogen and oxygen atoms in total. The Balaban J connectivity index is 2.41. The van der Waals surface area contributed by atoms with Crippen LogP contribution in [-0.2, 0) is 11.8 Å². The fraction of sp³-hybridized carbons (Fsp3) is 0.353. The van der Waals surface area contributed by atoms with E-state index in [2.05, 4.69) is 38.7 Å². The number of nitrogens with zero attached hydrogens (tertiary/aromatic N) is 1. The molecular formula is C17H20FNO. The number of aromatic nitrogens is 1. The Hall–Kier alpha value is -1.90. The van der Waals surface area contributed by atoms with Crippen LogP contribution in [0.25, 0.3) is 0 Å². The van der Waals surface area contributed by atoms with Crippen LogP contribution in [0.3, 0.4) is 0 Å². The maximum Gasteiger partial charge on any atom is 0.221 e. The first-order valence-corrected chi connectivity index (χ1v) is 6.84. The standard InChI is InChI=1S/C17H20FNO/c1-5-12-9-10-14(13(11-12)17(2,3)4)20-16-8-6-7-15(18)19-16/h6-11H,5H2,1-4H3. The molecule has 0 saturated carbocycles. The van der Waals surface area contributed by atoms with Crippen LogP contribution in [0, 0.1) is 5.95 Å². The van der Waals surface area contributed by atoms with Gasteiger partial charge in [-0.2, -0.15) is 9.37 Å². The Bertz CT molecular complexity index is 602. The molecule has 1 aromatic carbocycles. The number of rotatable bonds is 3. The highest BCUT2D eigenvalue weighted by Crippen LogP contribution is 2.34. The average Bonchev–Trinajstić information content (AvgIpc) is 2.38. The van der Waals surface area contributed by atoms with E-state index in [-0.39, 0.29) is 11.3 Å². The van der Waals surface area contributed by atoms with E-state index in [4.69, 9.17) is 4.74 Å². The van der Waals surface area contributed by atoms with Crippen molar-refractivity contribution in [1.29, 1.82) is 0 Å². The van der Waals surface area contributed by atoms with Crippen LogP contribution in [0.1, 0.15) is 38.8 Å². The van der Waals surface area contributed by atoms with Crippen molar-refractivity contribution < 1.29 is 9.13 Å². The zero-order valence-electron chi connectivity index (χ0n) is 12.4. The van der Waals surface area contributed by atoms with Gasteiger partial charge in [-0.3, -0.25) is 0 Å². The van der Waals surface area contributed by atoms with E-state index in [1.54, 1.807) is 12.1 Å². The quantitative estimate of drug-likeness (QED) is 0.744. The molecular weight excluding hydrogens is 253 g/mol. The van der Waals surface area contributed by atoms with Gasteiger partial charge in [0.15, 0.2) is 0 Å². The second-order valence-corrected chi connectivity index (χ2v) is 5.83. The molecule has 0 bridgehead atoms. The average molecular weight is 273 g/mol. The van der Waals surface area contributed by atoms with Gasteiger partial charge in [0.1, 0.15) is 5.75 Å². The van der Waals surface area contributed by atoms with Gasteiger partial charge >= 0.3 is 0 Å². The molecule has 1 heterocycles. The zero-order valence-corrected chi connectivity index (χ0v) is 12.4. The van der Waals surface area contributed by atoms with Crippen molar-refractivity contribution in [3.63, 3.8) is 0 Å². The lowest BCUT2D eigenvalue weighted by molar-refractivity contribution is 0.427. The molecule has 2 aromatic rings. The SMILES string of the molecule is CCc1ccc(Oc2cccc(F)n2)c(C(C)(C)C)c1. The minimum absolute atomic E-state index is 0.0478. The van der Waals surface area contributed by atoms with Crippen LogP contribution in [0.2, 0.25) is 0 Å². The summed E-state index contributed by atoms with van der Waals surface area (Å²) in [4.78, 5) is 3.75. The molecule has 0 amide bonds. The summed E-state index contributed by atoms with van der Waals surface area (Å²) in [5, 5.41) is 0. The van der Waals surface area contributed by atoms with E-state index in [1.165, 1.54) is 11.6 Å². The number of aryl methyl sites for hydroxylation is 1. The van der Waals surface area contributed by atoms with Gasteiger partial charge in [0.05, 0.1) is 0 Å². The number of halogens is 1. The molecule has 0 fully saturated rings. The van der Waals surface area contributed by atoms with Gasteiger partial charge < -0.3 is 4.74 Å². The second kappa shape index (κ2) is 5.61. The van der Waals surface area contributed by atoms with Crippen molar-refractivity contribution >= 4 is 0 Å². The largest absolute Gasteiger partial charge is 0.439 e. The summed E-state index contributed by atoms with van der Waals surface area (Å²) in [6.45, 7) is 8.52. The molecule has 0 aliphatic heterocycles. The normalized spacial score (nSPS) is 11.4. The Kier molecular flexibility index (Phi) is 4.07. The number of ether oxygens (including phenoxy) is 1. The van der Waals surface area contributed by atoms with Crippen LogP contribution < -0.4 is 4.74 Å². The summed E-state index contributed by atoms with van der Waals surface area (Å²) in [5.41, 5.74) is 2.31. The number of hydrogen-bond acceptors (Lipinski definition) is 2. The van der Waals surface area contributed by atoms with Gasteiger partial charge in [0.25, 0.3) is 0 Å². The van der Waals surface area contributed by atoms with Crippen molar-refractivity contribution in [1.82, 2.24) is 4.98 Å². The van der Waals surface area contributed by atoms with E-state index in [9.17, 15) is 4.39 Å². The van der Waals surface area contributed by atoms with Crippen LogP contribution >= 0.6 is 0 Å². The van der Waals surface area contributed by atoms with Crippen molar-refractivity contribution in [2.75, 3.05) is 0 Å². The van der Waals surface area contributed by atoms with Crippen molar-refractivity contribution in [3.8, 4) is 11.6 Å². The van der Waals surface area contributed by atoms with Gasteiger partial charge in [-0.1, -0.05) is 45.9 Å². The molecule has 1 aromatic heterocycles. The highest BCUT2D eigenvalue weighted by atomic mass is 19.1. The second-order valence-electron chi connectivity index (χ2n) is 5.83. The first-order chi connectivity index (χ1) is 9.40. The van der Waals surface area contributed by atoms with Crippen LogP contribution in [0.5, 0.6) is 11.6 Å². The molecule has 0 atom stereocenters. The molecule has 2 rings (SSSR count). The maximum atomic E-state index is 13.1. The van der Waals surface area contributed by atoms with Crippen molar-refractivity contribution in [2.45, 2.75) is 39.5 Å². The minimum atomic E-state index is -0.537. The minimum Gasteiger partial charge on any atom is -0.439 e. The Morgan fingerprint density at radius 1 is 1.15 bits per heavy atom. The summed E-state index contributed by atoms with van der Waals surface area (Å²) < 4.78 is 18.9. The molecule has 3 heteroatoms. The molecule has 0 saturated heterocycles. The molecule has 0 N–H and O–H groups in total. The van der Waals surface area contributed by atoms with Crippen molar-refractivity contribution in [2.24, 2.45) is 0 Å². The van der Waals surface area contributed by atoms with Gasteiger partial charge in [-0.15, -0.1) is 0 Å². The number of benzene rings is 1. The lowest BCUT2D eigenvalue weighted by Gasteiger charge is -2.23. The van der Waals surface area contributed by atoms with E-state index in [1.807, 2.05) is 12.1 Å². The summed E-state index contributed by atoms with van der Waals surface area (Å²) in [6, 6.07) is 10.7.